The van der Waals surface area contributed by atoms with Crippen LogP contribution in [-0.4, -0.2) is 30.5 Å². The van der Waals surface area contributed by atoms with Crippen molar-refractivity contribution < 1.29 is 9.63 Å². The van der Waals surface area contributed by atoms with Crippen LogP contribution in [0.3, 0.4) is 0 Å². The molecule has 136 valence electrons. The molecule has 5 nitrogen and oxygen atoms in total. The molecule has 1 saturated heterocycles. The summed E-state index contributed by atoms with van der Waals surface area (Å²) in [6, 6.07) is 23.7. The molecule has 1 unspecified atom stereocenters. The number of hydroxylamine groups is 2. The van der Waals surface area contributed by atoms with E-state index in [-0.39, 0.29) is 17.1 Å². The monoisotopic (exact) mass is 360 g/mol. The number of pyridine rings is 1. The maximum absolute atomic E-state index is 13.0. The number of rotatable bonds is 5. The predicted molar refractivity (Wildman–Crippen MR) is 106 cm³/mol. The molecule has 27 heavy (non-hydrogen) atoms. The van der Waals surface area contributed by atoms with E-state index in [0.717, 1.165) is 16.9 Å². The number of carbonyl (C=O) groups is 1. The van der Waals surface area contributed by atoms with Crippen molar-refractivity contribution in [2.75, 3.05) is 24.5 Å². The molecule has 1 aliphatic rings. The van der Waals surface area contributed by atoms with Gasteiger partial charge in [0.05, 0.1) is 6.54 Å². The van der Waals surface area contributed by atoms with Gasteiger partial charge in [0.15, 0.2) is 12.2 Å². The molecule has 0 N–H and O–H groups in total. The standard InChI is InChI=1S/C22H22N3O2/c26-22-17-25(21-11-13-23-14-12-21,27-18-19-7-3-1-4-8-19)16-15-24(22)20-9-5-2-6-10-20/h1-14H,15-18H2/q+1. The second-order valence-electron chi connectivity index (χ2n) is 6.62. The maximum Gasteiger partial charge on any atom is 0.285 e. The minimum atomic E-state index is 0.0531. The van der Waals surface area contributed by atoms with Gasteiger partial charge in [-0.3, -0.25) is 9.78 Å². The van der Waals surface area contributed by atoms with E-state index in [1.54, 1.807) is 12.4 Å². The number of hydrogen-bond donors (Lipinski definition) is 0. The van der Waals surface area contributed by atoms with Crippen LogP contribution in [0.1, 0.15) is 5.56 Å². The van der Waals surface area contributed by atoms with Crippen LogP contribution in [0.5, 0.6) is 0 Å². The van der Waals surface area contributed by atoms with Crippen LogP contribution in [-0.2, 0) is 16.2 Å². The summed E-state index contributed by atoms with van der Waals surface area (Å²) in [7, 11) is 0. The van der Waals surface area contributed by atoms with Crippen LogP contribution in [0.25, 0.3) is 0 Å². The highest BCUT2D eigenvalue weighted by molar-refractivity contribution is 5.96. The smallest absolute Gasteiger partial charge is 0.285 e. The van der Waals surface area contributed by atoms with E-state index < -0.39 is 0 Å². The molecule has 0 aliphatic carbocycles. The van der Waals surface area contributed by atoms with Gasteiger partial charge in [0, 0.05) is 30.2 Å². The lowest BCUT2D eigenvalue weighted by Gasteiger charge is -2.41. The average Bonchev–Trinajstić information content (AvgIpc) is 2.74. The topological polar surface area (TPSA) is 42.4 Å². The summed E-state index contributed by atoms with van der Waals surface area (Å²) in [6.45, 7) is 1.98. The molecular weight excluding hydrogens is 338 g/mol. The summed E-state index contributed by atoms with van der Waals surface area (Å²) < 4.78 is 0.180. The van der Waals surface area contributed by atoms with Crippen molar-refractivity contribution in [1.82, 2.24) is 9.63 Å². The number of aromatic nitrogens is 1. The number of hydrogen-bond acceptors (Lipinski definition) is 3. The van der Waals surface area contributed by atoms with Gasteiger partial charge in [-0.1, -0.05) is 48.5 Å². The zero-order valence-electron chi connectivity index (χ0n) is 15.1. The first kappa shape index (κ1) is 17.4. The molecule has 1 aromatic heterocycles. The zero-order valence-corrected chi connectivity index (χ0v) is 15.1. The lowest BCUT2D eigenvalue weighted by molar-refractivity contribution is -0.170. The fourth-order valence-electron chi connectivity index (χ4n) is 3.44. The van der Waals surface area contributed by atoms with Gasteiger partial charge >= 0.3 is 0 Å². The molecule has 4 rings (SSSR count). The average molecular weight is 360 g/mol. The number of nitrogens with zero attached hydrogens (tertiary/aromatic N) is 3. The molecule has 0 radical (unpaired) electrons. The highest BCUT2D eigenvalue weighted by Crippen LogP contribution is 2.29. The van der Waals surface area contributed by atoms with Crippen molar-refractivity contribution in [2.24, 2.45) is 0 Å². The van der Waals surface area contributed by atoms with Crippen LogP contribution in [0.15, 0.2) is 85.2 Å². The fraction of sp³-hybridized carbons (Fsp3) is 0.182. The lowest BCUT2D eigenvalue weighted by Crippen LogP contribution is -2.63. The van der Waals surface area contributed by atoms with Crippen LogP contribution in [0, 0.1) is 0 Å². The second kappa shape index (κ2) is 7.70. The number of anilines is 1. The molecule has 0 spiro atoms. The highest BCUT2D eigenvalue weighted by atomic mass is 16.7. The van der Waals surface area contributed by atoms with Gasteiger partial charge in [-0.15, -0.1) is 4.65 Å². The predicted octanol–water partition coefficient (Wildman–Crippen LogP) is 3.57. The molecular formula is C22H22N3O2+. The molecule has 1 amide bonds. The summed E-state index contributed by atoms with van der Waals surface area (Å²) in [4.78, 5) is 25.3. The Kier molecular flexibility index (Phi) is 4.96. The number of amides is 1. The quantitative estimate of drug-likeness (QED) is 0.653. The molecule has 5 heteroatoms. The fourth-order valence-corrected chi connectivity index (χ4v) is 3.44. The Balaban J connectivity index is 1.59. The summed E-state index contributed by atoms with van der Waals surface area (Å²) >= 11 is 0. The van der Waals surface area contributed by atoms with Gasteiger partial charge in [0.2, 0.25) is 0 Å². The van der Waals surface area contributed by atoms with Gasteiger partial charge in [-0.25, -0.2) is 0 Å². The molecule has 1 fully saturated rings. The van der Waals surface area contributed by atoms with E-state index >= 15 is 0 Å². The Morgan fingerprint density at radius 1 is 0.926 bits per heavy atom. The summed E-state index contributed by atoms with van der Waals surface area (Å²) in [5, 5.41) is 0. The van der Waals surface area contributed by atoms with Crippen LogP contribution >= 0.6 is 0 Å². The van der Waals surface area contributed by atoms with E-state index in [0.29, 0.717) is 19.7 Å². The molecule has 0 saturated carbocycles. The van der Waals surface area contributed by atoms with Crippen LogP contribution in [0.2, 0.25) is 0 Å². The van der Waals surface area contributed by atoms with E-state index in [4.69, 9.17) is 4.84 Å². The van der Waals surface area contributed by atoms with Gasteiger partial charge in [0.25, 0.3) is 5.91 Å². The van der Waals surface area contributed by atoms with Crippen molar-refractivity contribution in [3.63, 3.8) is 0 Å². The van der Waals surface area contributed by atoms with E-state index in [1.807, 2.05) is 77.7 Å². The third-order valence-corrected chi connectivity index (χ3v) is 4.90. The van der Waals surface area contributed by atoms with Gasteiger partial charge in [0.1, 0.15) is 13.2 Å². The Hall–Kier alpha value is -3.02. The normalized spacial score (nSPS) is 19.9. The van der Waals surface area contributed by atoms with Crippen molar-refractivity contribution in [3.8, 4) is 0 Å². The zero-order chi connectivity index (χ0) is 18.5. The van der Waals surface area contributed by atoms with Crippen molar-refractivity contribution in [3.05, 3.63) is 90.8 Å². The first-order chi connectivity index (χ1) is 13.3. The molecule has 1 atom stereocenters. The highest BCUT2D eigenvalue weighted by Gasteiger charge is 2.42. The summed E-state index contributed by atoms with van der Waals surface area (Å²) in [5.74, 6) is 0.0531. The summed E-state index contributed by atoms with van der Waals surface area (Å²) in [6.07, 6.45) is 3.49. The Labute approximate surface area is 159 Å². The molecule has 3 aromatic rings. The van der Waals surface area contributed by atoms with Crippen molar-refractivity contribution in [1.29, 1.82) is 0 Å². The molecule has 2 heterocycles. The largest absolute Gasteiger partial charge is 0.302 e. The van der Waals surface area contributed by atoms with Gasteiger partial charge in [-0.2, -0.15) is 4.84 Å². The number of carbonyl (C=O) groups excluding carboxylic acids is 1. The van der Waals surface area contributed by atoms with Crippen molar-refractivity contribution >= 4 is 17.3 Å². The number of piperazine rings is 1. The van der Waals surface area contributed by atoms with Crippen molar-refractivity contribution in [2.45, 2.75) is 6.61 Å². The van der Waals surface area contributed by atoms with Crippen LogP contribution in [0.4, 0.5) is 11.4 Å². The van der Waals surface area contributed by atoms with E-state index in [1.165, 1.54) is 0 Å². The first-order valence-corrected chi connectivity index (χ1v) is 9.08. The minimum absolute atomic E-state index is 0.0531. The Morgan fingerprint density at radius 3 is 2.26 bits per heavy atom. The number of para-hydroxylation sites is 1. The van der Waals surface area contributed by atoms with E-state index in [2.05, 4.69) is 4.98 Å². The van der Waals surface area contributed by atoms with Gasteiger partial charge < -0.3 is 4.90 Å². The maximum atomic E-state index is 13.0. The third-order valence-electron chi connectivity index (χ3n) is 4.90. The Bertz CT molecular complexity index is 887. The minimum Gasteiger partial charge on any atom is -0.302 e. The summed E-state index contributed by atoms with van der Waals surface area (Å²) in [5.41, 5.74) is 2.96. The molecule has 1 aliphatic heterocycles. The molecule has 0 bridgehead atoms. The SMILES string of the molecule is O=C1C[N+](OCc2ccccc2)(c2ccncc2)CCN1c1ccccc1. The lowest BCUT2D eigenvalue weighted by atomic mass is 10.2. The van der Waals surface area contributed by atoms with Gasteiger partial charge in [-0.05, 0) is 17.7 Å². The Morgan fingerprint density at radius 2 is 1.59 bits per heavy atom. The first-order valence-electron chi connectivity index (χ1n) is 9.08. The third kappa shape index (κ3) is 3.74. The molecule has 2 aromatic carbocycles. The second-order valence-corrected chi connectivity index (χ2v) is 6.62. The van der Waals surface area contributed by atoms with Crippen LogP contribution < -0.4 is 9.55 Å². The number of benzene rings is 2. The number of quaternary nitrogens is 1. The van der Waals surface area contributed by atoms with E-state index in [9.17, 15) is 4.79 Å².